The van der Waals surface area contributed by atoms with Crippen LogP contribution in [0.4, 0.5) is 5.69 Å². The Labute approximate surface area is 153 Å². The molecule has 2 saturated heterocycles. The van der Waals surface area contributed by atoms with Crippen LogP contribution in [-0.2, 0) is 14.3 Å². The smallest absolute Gasteiger partial charge is 0.253 e. The minimum absolute atomic E-state index is 0.0359. The number of ketones is 1. The van der Waals surface area contributed by atoms with Gasteiger partial charge in [-0.25, -0.2) is 0 Å². The average molecular weight is 356 g/mol. The highest BCUT2D eigenvalue weighted by Crippen LogP contribution is 2.34. The van der Waals surface area contributed by atoms with Gasteiger partial charge >= 0.3 is 0 Å². The molecule has 2 fully saturated rings. The number of rotatable bonds is 3. The summed E-state index contributed by atoms with van der Waals surface area (Å²) in [5.74, 6) is 0.0171. The fourth-order valence-corrected chi connectivity index (χ4v) is 3.59. The minimum atomic E-state index is -0.371. The summed E-state index contributed by atoms with van der Waals surface area (Å²) in [6.45, 7) is 5.13. The standard InChI is InChI=1S/C20H24N2O4/c1-3-18(24)21(2)16-6-4-15(5-7-16)19(25)22-11-9-20(10-12-22)14-17(23)8-13-26-20/h3-7H,1,8-14H2,2H3. The summed E-state index contributed by atoms with van der Waals surface area (Å²) in [6, 6.07) is 6.97. The first-order valence-electron chi connectivity index (χ1n) is 8.89. The molecular weight excluding hydrogens is 332 g/mol. The lowest BCUT2D eigenvalue weighted by molar-refractivity contribution is -0.146. The van der Waals surface area contributed by atoms with Gasteiger partial charge in [-0.15, -0.1) is 0 Å². The van der Waals surface area contributed by atoms with Crippen LogP contribution in [0, 0.1) is 0 Å². The summed E-state index contributed by atoms with van der Waals surface area (Å²) < 4.78 is 5.88. The first-order valence-corrected chi connectivity index (χ1v) is 8.89. The second-order valence-electron chi connectivity index (χ2n) is 6.94. The number of likely N-dealkylation sites (N-methyl/N-ethyl adjacent to an activating group) is 1. The Bertz CT molecular complexity index is 718. The van der Waals surface area contributed by atoms with Crippen LogP contribution in [0.3, 0.4) is 0 Å². The highest BCUT2D eigenvalue weighted by Gasteiger charge is 2.40. The first-order chi connectivity index (χ1) is 12.4. The van der Waals surface area contributed by atoms with Crippen LogP contribution < -0.4 is 4.90 Å². The van der Waals surface area contributed by atoms with Crippen molar-refractivity contribution in [1.29, 1.82) is 0 Å². The molecule has 0 radical (unpaired) electrons. The number of piperidine rings is 1. The molecule has 1 aromatic carbocycles. The second-order valence-corrected chi connectivity index (χ2v) is 6.94. The summed E-state index contributed by atoms with van der Waals surface area (Å²) in [5, 5.41) is 0. The summed E-state index contributed by atoms with van der Waals surface area (Å²) in [4.78, 5) is 39.4. The molecule has 26 heavy (non-hydrogen) atoms. The van der Waals surface area contributed by atoms with Gasteiger partial charge in [0.1, 0.15) is 5.78 Å². The van der Waals surface area contributed by atoms with Crippen LogP contribution in [0.15, 0.2) is 36.9 Å². The minimum Gasteiger partial charge on any atom is -0.374 e. The molecule has 0 atom stereocenters. The van der Waals surface area contributed by atoms with Gasteiger partial charge in [-0.1, -0.05) is 6.58 Å². The number of amides is 2. The van der Waals surface area contributed by atoms with E-state index in [9.17, 15) is 14.4 Å². The van der Waals surface area contributed by atoms with Crippen LogP contribution in [0.2, 0.25) is 0 Å². The van der Waals surface area contributed by atoms with Crippen molar-refractivity contribution in [3.63, 3.8) is 0 Å². The molecule has 0 saturated carbocycles. The molecule has 0 bridgehead atoms. The van der Waals surface area contributed by atoms with E-state index in [0.717, 1.165) is 0 Å². The van der Waals surface area contributed by atoms with Gasteiger partial charge in [-0.3, -0.25) is 14.4 Å². The molecule has 0 unspecified atom stereocenters. The molecule has 2 amide bonds. The molecule has 2 heterocycles. The van der Waals surface area contributed by atoms with Crippen LogP contribution >= 0.6 is 0 Å². The number of likely N-dealkylation sites (tertiary alicyclic amines) is 1. The Morgan fingerprint density at radius 3 is 2.46 bits per heavy atom. The maximum atomic E-state index is 12.7. The predicted molar refractivity (Wildman–Crippen MR) is 98.1 cm³/mol. The lowest BCUT2D eigenvalue weighted by Gasteiger charge is -2.43. The third-order valence-corrected chi connectivity index (χ3v) is 5.28. The second kappa shape index (κ2) is 7.41. The largest absolute Gasteiger partial charge is 0.374 e. The Kier molecular flexibility index (Phi) is 5.23. The van der Waals surface area contributed by atoms with Crippen molar-refractivity contribution >= 4 is 23.3 Å². The fourth-order valence-electron chi connectivity index (χ4n) is 3.59. The molecular formula is C20H24N2O4. The van der Waals surface area contributed by atoms with E-state index in [4.69, 9.17) is 4.74 Å². The highest BCUT2D eigenvalue weighted by atomic mass is 16.5. The lowest BCUT2D eigenvalue weighted by Crippen LogP contribution is -2.51. The molecule has 2 aliphatic heterocycles. The number of anilines is 1. The zero-order valence-electron chi connectivity index (χ0n) is 15.1. The van der Waals surface area contributed by atoms with Crippen LogP contribution in [-0.4, -0.2) is 54.8 Å². The molecule has 0 aliphatic carbocycles. The number of carbonyl (C=O) groups is 3. The van der Waals surface area contributed by atoms with Gasteiger partial charge in [0.25, 0.3) is 5.91 Å². The van der Waals surface area contributed by atoms with Gasteiger partial charge in [-0.05, 0) is 43.2 Å². The van der Waals surface area contributed by atoms with Crippen LogP contribution in [0.25, 0.3) is 0 Å². The van der Waals surface area contributed by atoms with Crippen molar-refractivity contribution in [3.8, 4) is 0 Å². The van der Waals surface area contributed by atoms with Gasteiger partial charge in [0.2, 0.25) is 5.91 Å². The van der Waals surface area contributed by atoms with Gasteiger partial charge in [-0.2, -0.15) is 0 Å². The monoisotopic (exact) mass is 356 g/mol. The first kappa shape index (κ1) is 18.3. The molecule has 3 rings (SSSR count). The normalized spacial score (nSPS) is 19.3. The number of ether oxygens (including phenoxy) is 1. The van der Waals surface area contributed by atoms with E-state index in [-0.39, 0.29) is 23.2 Å². The van der Waals surface area contributed by atoms with E-state index in [0.29, 0.717) is 56.6 Å². The van der Waals surface area contributed by atoms with Gasteiger partial charge in [0.05, 0.1) is 12.2 Å². The topological polar surface area (TPSA) is 66.9 Å². The van der Waals surface area contributed by atoms with Crippen molar-refractivity contribution in [3.05, 3.63) is 42.5 Å². The molecule has 138 valence electrons. The van der Waals surface area contributed by atoms with E-state index in [1.54, 1.807) is 36.2 Å². The van der Waals surface area contributed by atoms with Crippen molar-refractivity contribution in [2.24, 2.45) is 0 Å². The van der Waals surface area contributed by atoms with Crippen molar-refractivity contribution < 1.29 is 19.1 Å². The van der Waals surface area contributed by atoms with E-state index in [2.05, 4.69) is 6.58 Å². The number of hydrogen-bond donors (Lipinski definition) is 0. The van der Waals surface area contributed by atoms with Gasteiger partial charge < -0.3 is 14.5 Å². The third kappa shape index (κ3) is 3.70. The molecule has 2 aliphatic rings. The fraction of sp³-hybridized carbons (Fsp3) is 0.450. The van der Waals surface area contributed by atoms with Crippen molar-refractivity contribution in [1.82, 2.24) is 4.90 Å². The number of nitrogens with zero attached hydrogens (tertiary/aromatic N) is 2. The van der Waals surface area contributed by atoms with Crippen molar-refractivity contribution in [2.45, 2.75) is 31.3 Å². The van der Waals surface area contributed by atoms with Gasteiger partial charge in [0.15, 0.2) is 0 Å². The molecule has 6 heteroatoms. The van der Waals surface area contributed by atoms with E-state index < -0.39 is 0 Å². The molecule has 0 N–H and O–H groups in total. The predicted octanol–water partition coefficient (Wildman–Crippen LogP) is 2.19. The summed E-state index contributed by atoms with van der Waals surface area (Å²) in [7, 11) is 1.66. The zero-order chi connectivity index (χ0) is 18.7. The maximum Gasteiger partial charge on any atom is 0.253 e. The average Bonchev–Trinajstić information content (AvgIpc) is 2.67. The van der Waals surface area contributed by atoms with E-state index in [1.807, 2.05) is 0 Å². The zero-order valence-corrected chi connectivity index (χ0v) is 15.1. The number of carbonyl (C=O) groups excluding carboxylic acids is 3. The van der Waals surface area contributed by atoms with Gasteiger partial charge in [0, 0.05) is 44.2 Å². The Balaban J connectivity index is 1.62. The van der Waals surface area contributed by atoms with E-state index in [1.165, 1.54) is 11.0 Å². The number of hydrogen-bond acceptors (Lipinski definition) is 4. The van der Waals surface area contributed by atoms with Crippen LogP contribution in [0.1, 0.15) is 36.0 Å². The quantitative estimate of drug-likeness (QED) is 0.779. The Morgan fingerprint density at radius 2 is 1.88 bits per heavy atom. The molecule has 6 nitrogen and oxygen atoms in total. The van der Waals surface area contributed by atoms with Crippen LogP contribution in [0.5, 0.6) is 0 Å². The summed E-state index contributed by atoms with van der Waals surface area (Å²) in [5.41, 5.74) is 0.923. The number of benzene rings is 1. The van der Waals surface area contributed by atoms with Crippen molar-refractivity contribution in [2.75, 3.05) is 31.6 Å². The number of Topliss-reactive ketones (excluding diaryl/α,β-unsaturated/α-hetero) is 1. The molecule has 1 spiro atoms. The Morgan fingerprint density at radius 1 is 1.23 bits per heavy atom. The lowest BCUT2D eigenvalue weighted by atomic mass is 9.84. The highest BCUT2D eigenvalue weighted by molar-refractivity contribution is 6.01. The Hall–Kier alpha value is -2.47. The SMILES string of the molecule is C=CC(=O)N(C)c1ccc(C(=O)N2CCC3(CC2)CC(=O)CCO3)cc1. The summed E-state index contributed by atoms with van der Waals surface area (Å²) >= 11 is 0. The molecule has 1 aromatic rings. The third-order valence-electron chi connectivity index (χ3n) is 5.28. The maximum absolute atomic E-state index is 12.7. The molecule has 0 aromatic heterocycles. The summed E-state index contributed by atoms with van der Waals surface area (Å²) in [6.07, 6.45) is 3.60. The van der Waals surface area contributed by atoms with E-state index >= 15 is 0 Å².